The van der Waals surface area contributed by atoms with E-state index in [4.69, 9.17) is 15.0 Å². The highest BCUT2D eigenvalue weighted by Crippen LogP contribution is 1.95. The maximum Gasteiger partial charge on any atom is 0.270 e. The van der Waals surface area contributed by atoms with Crippen molar-refractivity contribution in [2.75, 3.05) is 18.8 Å². The number of nitrogens with zero attached hydrogens (tertiary/aromatic N) is 1. The van der Waals surface area contributed by atoms with Crippen molar-refractivity contribution in [3.63, 3.8) is 0 Å². The van der Waals surface area contributed by atoms with Gasteiger partial charge in [-0.2, -0.15) is 18.8 Å². The smallest absolute Gasteiger partial charge is 0.270 e. The van der Waals surface area contributed by atoms with Crippen LogP contribution in [0.2, 0.25) is 0 Å². The molecular weight excluding hydrogens is 174 g/mol. The zero-order valence-corrected chi connectivity index (χ0v) is 6.95. The lowest BCUT2D eigenvalue weighted by Gasteiger charge is -2.17. The summed E-state index contributed by atoms with van der Waals surface area (Å²) in [5, 5.41) is 17.6. The van der Waals surface area contributed by atoms with Crippen molar-refractivity contribution in [1.82, 2.24) is 0 Å². The van der Waals surface area contributed by atoms with E-state index < -0.39 is 27.2 Å². The summed E-state index contributed by atoms with van der Waals surface area (Å²) in [6.07, 6.45) is 0. The molecule has 0 aromatic heterocycles. The molecule has 68 valence electrons. The molecule has 0 aromatic rings. The van der Waals surface area contributed by atoms with Gasteiger partial charge in [-0.15, -0.1) is 0 Å². The molecule has 0 spiro atoms. The molecule has 0 amide bonds. The van der Waals surface area contributed by atoms with Crippen molar-refractivity contribution in [2.24, 2.45) is 0 Å². The largest absolute Gasteiger partial charge is 0.285 e. The Morgan fingerprint density at radius 2 is 1.82 bits per heavy atom. The summed E-state index contributed by atoms with van der Waals surface area (Å²) in [6.45, 7) is 1.01. The number of hydroxylamine groups is 4. The maximum atomic E-state index is 10.1. The lowest BCUT2D eigenvalue weighted by molar-refractivity contribution is -1.24. The quantitative estimate of drug-likeness (QED) is 0.312. The topological polar surface area (TPSA) is 94.8 Å². The zero-order valence-electron chi connectivity index (χ0n) is 6.13. The van der Waals surface area contributed by atoms with Crippen LogP contribution < -0.4 is 0 Å². The molecule has 0 atom stereocenters. The predicted octanol–water partition coefficient (Wildman–Crippen LogP) is -0.511. The zero-order chi connectivity index (χ0) is 9.12. The van der Waals surface area contributed by atoms with Gasteiger partial charge in [0.25, 0.3) is 10.1 Å². The van der Waals surface area contributed by atoms with E-state index >= 15 is 0 Å². The summed E-state index contributed by atoms with van der Waals surface area (Å²) in [5.74, 6) is -0.659. The van der Waals surface area contributed by atoms with E-state index in [9.17, 15) is 8.42 Å². The van der Waals surface area contributed by atoms with Crippen molar-refractivity contribution < 1.29 is 28.2 Å². The minimum Gasteiger partial charge on any atom is -0.285 e. The second kappa shape index (κ2) is 3.46. The van der Waals surface area contributed by atoms with E-state index in [1.54, 1.807) is 0 Å². The fourth-order valence-electron chi connectivity index (χ4n) is 0.420. The van der Waals surface area contributed by atoms with E-state index in [0.29, 0.717) is 0 Å². The highest BCUT2D eigenvalue weighted by molar-refractivity contribution is 7.85. The summed E-state index contributed by atoms with van der Waals surface area (Å²) in [5.41, 5.74) is 0. The van der Waals surface area contributed by atoms with Crippen molar-refractivity contribution in [3.8, 4) is 0 Å². The third kappa shape index (κ3) is 6.20. The lowest BCUT2D eigenvalue weighted by Crippen LogP contribution is -2.44. The summed E-state index contributed by atoms with van der Waals surface area (Å²) in [6, 6.07) is 0. The van der Waals surface area contributed by atoms with Gasteiger partial charge in [0.2, 0.25) is 0 Å². The van der Waals surface area contributed by atoms with Crippen molar-refractivity contribution in [2.45, 2.75) is 6.92 Å². The highest BCUT2D eigenvalue weighted by atomic mass is 32.2. The van der Waals surface area contributed by atoms with Gasteiger partial charge in [0.1, 0.15) is 12.3 Å². The maximum absolute atomic E-state index is 10.1. The average Bonchev–Trinajstić information content (AvgIpc) is 1.83. The standard InChI is InChI=1S/C4H11NO5S/c1-2-5(6,7)3-4-11(8,9)10/h6-7H,2-4H2,1H3/p+1. The van der Waals surface area contributed by atoms with E-state index in [2.05, 4.69) is 0 Å². The van der Waals surface area contributed by atoms with Crippen LogP contribution in [0.5, 0.6) is 0 Å². The second-order valence-corrected chi connectivity index (χ2v) is 3.78. The Balaban J connectivity index is 3.90. The number of quaternary nitrogens is 1. The molecule has 0 fully saturated rings. The van der Waals surface area contributed by atoms with Crippen LogP contribution in [-0.2, 0) is 10.1 Å². The molecule has 0 aliphatic rings. The van der Waals surface area contributed by atoms with Gasteiger partial charge in [0.15, 0.2) is 6.54 Å². The van der Waals surface area contributed by atoms with Crippen LogP contribution in [0.1, 0.15) is 6.92 Å². The first kappa shape index (κ1) is 10.8. The van der Waals surface area contributed by atoms with Crippen molar-refractivity contribution in [3.05, 3.63) is 0 Å². The monoisotopic (exact) mass is 186 g/mol. The molecule has 3 N–H and O–H groups in total. The molecule has 6 nitrogen and oxygen atoms in total. The molecule has 0 heterocycles. The molecule has 0 aromatic carbocycles. The molecule has 0 saturated carbocycles. The summed E-state index contributed by atoms with van der Waals surface area (Å²) in [7, 11) is -4.10. The molecule has 0 aliphatic carbocycles. The van der Waals surface area contributed by atoms with E-state index in [1.165, 1.54) is 6.92 Å². The van der Waals surface area contributed by atoms with Gasteiger partial charge >= 0.3 is 0 Å². The third-order valence-electron chi connectivity index (χ3n) is 1.21. The van der Waals surface area contributed by atoms with E-state index in [0.717, 1.165) is 0 Å². The van der Waals surface area contributed by atoms with Gasteiger partial charge in [0, 0.05) is 0 Å². The van der Waals surface area contributed by atoms with Crippen LogP contribution in [0.3, 0.4) is 0 Å². The molecule has 0 unspecified atom stereocenters. The van der Waals surface area contributed by atoms with Crippen LogP contribution in [0.15, 0.2) is 0 Å². The Labute approximate surface area is 64.9 Å². The van der Waals surface area contributed by atoms with Crippen molar-refractivity contribution >= 4 is 10.1 Å². The Bertz CT molecular complexity index is 209. The molecule has 0 saturated heterocycles. The Kier molecular flexibility index (Phi) is 3.39. The first-order chi connectivity index (χ1) is 4.77. The third-order valence-corrected chi connectivity index (χ3v) is 1.91. The molecule has 0 radical (unpaired) electrons. The minimum absolute atomic E-state index is 0.0322. The summed E-state index contributed by atoms with van der Waals surface area (Å²) in [4.78, 5) is -1.39. The van der Waals surface area contributed by atoms with Gasteiger partial charge < -0.3 is 0 Å². The minimum atomic E-state index is -4.10. The summed E-state index contributed by atoms with van der Waals surface area (Å²) < 4.78 is 28.5. The van der Waals surface area contributed by atoms with Crippen LogP contribution in [-0.4, -0.2) is 47.0 Å². The highest BCUT2D eigenvalue weighted by Gasteiger charge is 2.22. The van der Waals surface area contributed by atoms with Crippen LogP contribution in [0, 0.1) is 0 Å². The predicted molar refractivity (Wildman–Crippen MR) is 35.7 cm³/mol. The van der Waals surface area contributed by atoms with Gasteiger partial charge in [-0.05, 0) is 11.7 Å². The SMILES string of the molecule is CC[N+](O)(O)CCS(=O)(=O)O. The number of hydrogen-bond acceptors (Lipinski definition) is 4. The lowest BCUT2D eigenvalue weighted by atomic mass is 10.6. The van der Waals surface area contributed by atoms with E-state index in [1.807, 2.05) is 0 Å². The molecule has 0 aliphatic heterocycles. The molecule has 11 heavy (non-hydrogen) atoms. The molecule has 0 bridgehead atoms. The van der Waals surface area contributed by atoms with Crippen LogP contribution >= 0.6 is 0 Å². The van der Waals surface area contributed by atoms with Crippen LogP contribution in [0.25, 0.3) is 0 Å². The summed E-state index contributed by atoms with van der Waals surface area (Å²) >= 11 is 0. The van der Waals surface area contributed by atoms with Crippen molar-refractivity contribution in [1.29, 1.82) is 0 Å². The second-order valence-electron chi connectivity index (χ2n) is 2.20. The number of rotatable bonds is 4. The van der Waals surface area contributed by atoms with Crippen LogP contribution in [0.4, 0.5) is 0 Å². The van der Waals surface area contributed by atoms with Gasteiger partial charge in [-0.1, -0.05) is 0 Å². The van der Waals surface area contributed by atoms with Gasteiger partial charge in [-0.25, -0.2) is 0 Å². The first-order valence-electron chi connectivity index (χ1n) is 3.04. The Hall–Kier alpha value is -0.210. The Morgan fingerprint density at radius 3 is 2.09 bits per heavy atom. The van der Waals surface area contributed by atoms with Gasteiger partial charge in [0.05, 0.1) is 0 Å². The van der Waals surface area contributed by atoms with E-state index in [-0.39, 0.29) is 6.54 Å². The van der Waals surface area contributed by atoms with Gasteiger partial charge in [-0.3, -0.25) is 4.55 Å². The Morgan fingerprint density at radius 1 is 1.36 bits per heavy atom. The normalized spacial score (nSPS) is 13.5. The first-order valence-corrected chi connectivity index (χ1v) is 4.65. The number of hydrogen-bond donors (Lipinski definition) is 3. The molecule has 0 rings (SSSR count). The fraction of sp³-hybridized carbons (Fsp3) is 1.00. The molecule has 7 heteroatoms. The average molecular weight is 186 g/mol. The molecular formula is C4H12NO5S+. The fourth-order valence-corrected chi connectivity index (χ4v) is 0.943.